The van der Waals surface area contributed by atoms with Gasteiger partial charge < -0.3 is 10.1 Å². The number of hydrogen-bond donors (Lipinski definition) is 1. The van der Waals surface area contributed by atoms with E-state index in [1.807, 2.05) is 0 Å². The maximum absolute atomic E-state index is 6.03. The van der Waals surface area contributed by atoms with Gasteiger partial charge in [0.15, 0.2) is 0 Å². The highest BCUT2D eigenvalue weighted by Gasteiger charge is 2.12. The van der Waals surface area contributed by atoms with E-state index in [0.29, 0.717) is 5.38 Å². The normalized spacial score (nSPS) is 21.0. The van der Waals surface area contributed by atoms with Gasteiger partial charge in [0.25, 0.3) is 0 Å². The van der Waals surface area contributed by atoms with E-state index in [1.54, 1.807) is 0 Å². The van der Waals surface area contributed by atoms with Gasteiger partial charge in [-0.25, -0.2) is 0 Å². The lowest BCUT2D eigenvalue weighted by molar-refractivity contribution is 0.0663. The van der Waals surface area contributed by atoms with Crippen molar-refractivity contribution in [1.29, 1.82) is 0 Å². The Balaban J connectivity index is 1.92. The molecule has 0 radical (unpaired) electrons. The van der Waals surface area contributed by atoms with Crippen molar-refractivity contribution in [2.45, 2.75) is 38.0 Å². The minimum absolute atomic E-state index is 0.345. The lowest BCUT2D eigenvalue weighted by Crippen LogP contribution is -2.29. The molecule has 0 aromatic heterocycles. The van der Waals surface area contributed by atoms with Crippen LogP contribution >= 0.6 is 11.6 Å². The topological polar surface area (TPSA) is 21.3 Å². The third-order valence-corrected chi connectivity index (χ3v) is 3.38. The van der Waals surface area contributed by atoms with Crippen LogP contribution in [0.2, 0.25) is 0 Å². The zero-order chi connectivity index (χ0) is 10.2. The van der Waals surface area contributed by atoms with Crippen molar-refractivity contribution in [3.8, 4) is 0 Å². The van der Waals surface area contributed by atoms with E-state index >= 15 is 0 Å². The summed E-state index contributed by atoms with van der Waals surface area (Å²) >= 11 is 6.03. The zero-order valence-electron chi connectivity index (χ0n) is 9.10. The molecule has 0 aliphatic carbocycles. The van der Waals surface area contributed by atoms with Crippen molar-refractivity contribution >= 4 is 11.6 Å². The Bertz CT molecular complexity index is 137. The van der Waals surface area contributed by atoms with Gasteiger partial charge in [-0.3, -0.25) is 0 Å². The molecule has 0 amide bonds. The summed E-state index contributed by atoms with van der Waals surface area (Å²) in [4.78, 5) is 0. The fourth-order valence-electron chi connectivity index (χ4n) is 1.72. The van der Waals surface area contributed by atoms with Gasteiger partial charge >= 0.3 is 0 Å². The molecule has 2 nitrogen and oxygen atoms in total. The maximum atomic E-state index is 6.03. The van der Waals surface area contributed by atoms with E-state index in [-0.39, 0.29) is 0 Å². The zero-order valence-corrected chi connectivity index (χ0v) is 9.85. The Labute approximate surface area is 92.3 Å². The van der Waals surface area contributed by atoms with E-state index in [0.717, 1.165) is 45.1 Å². The van der Waals surface area contributed by atoms with E-state index in [1.165, 1.54) is 12.8 Å². The molecule has 0 spiro atoms. The van der Waals surface area contributed by atoms with Crippen LogP contribution in [0, 0.1) is 5.92 Å². The lowest BCUT2D eigenvalue weighted by atomic mass is 10.0. The largest absolute Gasteiger partial charge is 0.381 e. The molecule has 0 saturated carbocycles. The van der Waals surface area contributed by atoms with Gasteiger partial charge in [0.1, 0.15) is 0 Å². The van der Waals surface area contributed by atoms with Crippen LogP contribution in [0.4, 0.5) is 0 Å². The number of hydrogen-bond acceptors (Lipinski definition) is 2. The van der Waals surface area contributed by atoms with Crippen LogP contribution in [0.25, 0.3) is 0 Å². The van der Waals surface area contributed by atoms with Gasteiger partial charge in [0, 0.05) is 18.6 Å². The van der Waals surface area contributed by atoms with Crippen LogP contribution in [0.15, 0.2) is 0 Å². The van der Waals surface area contributed by atoms with Gasteiger partial charge in [0.05, 0.1) is 0 Å². The number of halogens is 1. The van der Waals surface area contributed by atoms with Crippen molar-refractivity contribution in [2.75, 3.05) is 26.3 Å². The second-order valence-corrected chi connectivity index (χ2v) is 4.67. The van der Waals surface area contributed by atoms with Crippen molar-refractivity contribution in [2.24, 2.45) is 5.92 Å². The van der Waals surface area contributed by atoms with Crippen molar-refractivity contribution in [1.82, 2.24) is 5.32 Å². The second-order valence-electron chi connectivity index (χ2n) is 4.05. The molecule has 1 aliphatic rings. The molecule has 1 aliphatic heterocycles. The molecule has 1 fully saturated rings. The fraction of sp³-hybridized carbons (Fsp3) is 1.00. The molecular formula is C11H22ClNO. The van der Waals surface area contributed by atoms with Crippen LogP contribution in [0.5, 0.6) is 0 Å². The first-order valence-electron chi connectivity index (χ1n) is 5.75. The molecule has 0 bridgehead atoms. The first-order valence-corrected chi connectivity index (χ1v) is 6.19. The quantitative estimate of drug-likeness (QED) is 0.547. The first-order chi connectivity index (χ1) is 6.83. The molecule has 1 heterocycles. The summed E-state index contributed by atoms with van der Waals surface area (Å²) < 4.78 is 5.31. The highest BCUT2D eigenvalue weighted by molar-refractivity contribution is 6.20. The van der Waals surface area contributed by atoms with Gasteiger partial charge in [-0.15, -0.1) is 11.6 Å². The molecule has 3 heteroatoms. The summed E-state index contributed by atoms with van der Waals surface area (Å²) in [6.45, 7) is 6.21. The molecule has 1 unspecified atom stereocenters. The summed E-state index contributed by atoms with van der Waals surface area (Å²) in [5.41, 5.74) is 0. The number of ether oxygens (including phenoxy) is 1. The predicted octanol–water partition coefficient (Wildman–Crippen LogP) is 2.41. The monoisotopic (exact) mass is 219 g/mol. The van der Waals surface area contributed by atoms with Crippen LogP contribution in [-0.2, 0) is 4.74 Å². The Morgan fingerprint density at radius 1 is 1.43 bits per heavy atom. The summed E-state index contributed by atoms with van der Waals surface area (Å²) in [5.74, 6) is 0.819. The summed E-state index contributed by atoms with van der Waals surface area (Å²) in [6, 6.07) is 0. The van der Waals surface area contributed by atoms with Gasteiger partial charge in [0.2, 0.25) is 0 Å². The third-order valence-electron chi connectivity index (χ3n) is 2.85. The van der Waals surface area contributed by atoms with Crippen LogP contribution in [0.3, 0.4) is 0 Å². The highest BCUT2D eigenvalue weighted by Crippen LogP contribution is 2.13. The SMILES string of the molecule is CCC(Cl)CCNCC1CCOCC1. The molecule has 84 valence electrons. The smallest absolute Gasteiger partial charge is 0.0469 e. The standard InChI is InChI=1S/C11H22ClNO/c1-2-11(12)3-6-13-9-10-4-7-14-8-5-10/h10-11,13H,2-9H2,1H3. The van der Waals surface area contributed by atoms with E-state index < -0.39 is 0 Å². The van der Waals surface area contributed by atoms with E-state index in [9.17, 15) is 0 Å². The lowest BCUT2D eigenvalue weighted by Gasteiger charge is -2.22. The molecule has 1 N–H and O–H groups in total. The van der Waals surface area contributed by atoms with Gasteiger partial charge in [-0.05, 0) is 44.7 Å². The van der Waals surface area contributed by atoms with Gasteiger partial charge in [-0.1, -0.05) is 6.92 Å². The summed E-state index contributed by atoms with van der Waals surface area (Å²) in [6.07, 6.45) is 4.58. The number of alkyl halides is 1. The summed E-state index contributed by atoms with van der Waals surface area (Å²) in [7, 11) is 0. The Hall–Kier alpha value is 0.210. The Kier molecular flexibility index (Phi) is 6.57. The van der Waals surface area contributed by atoms with Crippen LogP contribution in [-0.4, -0.2) is 31.7 Å². The molecule has 0 aromatic carbocycles. The average molecular weight is 220 g/mol. The minimum Gasteiger partial charge on any atom is -0.381 e. The van der Waals surface area contributed by atoms with Crippen molar-refractivity contribution < 1.29 is 4.74 Å². The van der Waals surface area contributed by atoms with Crippen molar-refractivity contribution in [3.05, 3.63) is 0 Å². The minimum atomic E-state index is 0.345. The van der Waals surface area contributed by atoms with E-state index in [2.05, 4.69) is 12.2 Å². The molecule has 0 aromatic rings. The Morgan fingerprint density at radius 3 is 2.79 bits per heavy atom. The van der Waals surface area contributed by atoms with Crippen molar-refractivity contribution in [3.63, 3.8) is 0 Å². The highest BCUT2D eigenvalue weighted by atomic mass is 35.5. The molecule has 1 atom stereocenters. The number of rotatable bonds is 6. The molecular weight excluding hydrogens is 198 g/mol. The first kappa shape index (κ1) is 12.3. The summed E-state index contributed by atoms with van der Waals surface area (Å²) in [5, 5.41) is 3.82. The average Bonchev–Trinajstić information content (AvgIpc) is 2.25. The Morgan fingerprint density at radius 2 is 2.14 bits per heavy atom. The molecule has 1 saturated heterocycles. The fourth-order valence-corrected chi connectivity index (χ4v) is 1.83. The predicted molar refractivity (Wildman–Crippen MR) is 61.0 cm³/mol. The number of nitrogens with one attached hydrogen (secondary N) is 1. The third kappa shape index (κ3) is 5.18. The second kappa shape index (κ2) is 7.49. The van der Waals surface area contributed by atoms with Crippen LogP contribution < -0.4 is 5.32 Å². The molecule has 14 heavy (non-hydrogen) atoms. The molecule has 1 rings (SSSR count). The van der Waals surface area contributed by atoms with E-state index in [4.69, 9.17) is 16.3 Å². The van der Waals surface area contributed by atoms with Crippen LogP contribution in [0.1, 0.15) is 32.6 Å². The van der Waals surface area contributed by atoms with Gasteiger partial charge in [-0.2, -0.15) is 0 Å². The maximum Gasteiger partial charge on any atom is 0.0469 e.